The van der Waals surface area contributed by atoms with Gasteiger partial charge in [0, 0.05) is 16.3 Å². The van der Waals surface area contributed by atoms with E-state index in [9.17, 15) is 9.90 Å². The molecule has 3 N–H and O–H groups in total. The van der Waals surface area contributed by atoms with Gasteiger partial charge in [-0.25, -0.2) is 5.43 Å². The van der Waals surface area contributed by atoms with Gasteiger partial charge in [-0.3, -0.25) is 4.79 Å². The first kappa shape index (κ1) is 19.4. The number of benzene rings is 2. The summed E-state index contributed by atoms with van der Waals surface area (Å²) in [6.07, 6.45) is 1.42. The number of nitrogens with zero attached hydrogens (tertiary/aromatic N) is 1. The summed E-state index contributed by atoms with van der Waals surface area (Å²) in [4.78, 5) is 11.9. The van der Waals surface area contributed by atoms with Crippen molar-refractivity contribution in [1.29, 1.82) is 0 Å². The Labute approximate surface area is 156 Å². The third kappa shape index (κ3) is 4.80. The van der Waals surface area contributed by atoms with Crippen molar-refractivity contribution < 1.29 is 19.4 Å². The first-order chi connectivity index (χ1) is 12.5. The summed E-state index contributed by atoms with van der Waals surface area (Å²) < 4.78 is 10.1. The predicted molar refractivity (Wildman–Crippen MR) is 102 cm³/mol. The minimum Gasteiger partial charge on any atom is -0.502 e. The molecule has 26 heavy (non-hydrogen) atoms. The van der Waals surface area contributed by atoms with Crippen LogP contribution in [0.4, 0.5) is 5.69 Å². The molecular weight excluding hydrogens is 358 g/mol. The molecule has 138 valence electrons. The van der Waals surface area contributed by atoms with E-state index in [1.165, 1.54) is 20.4 Å². The summed E-state index contributed by atoms with van der Waals surface area (Å²) in [6, 6.07) is 8.57. The molecule has 2 aromatic carbocycles. The summed E-state index contributed by atoms with van der Waals surface area (Å²) in [5, 5.41) is 17.4. The zero-order valence-electron chi connectivity index (χ0n) is 14.7. The smallest absolute Gasteiger partial charge is 0.259 e. The van der Waals surface area contributed by atoms with Crippen molar-refractivity contribution in [3.8, 4) is 17.2 Å². The number of ether oxygens (including phenoxy) is 2. The minimum atomic E-state index is -0.321. The molecule has 0 aliphatic heterocycles. The summed E-state index contributed by atoms with van der Waals surface area (Å²) in [6.45, 7) is 1.91. The van der Waals surface area contributed by atoms with E-state index in [0.717, 1.165) is 11.3 Å². The number of hydrogen-bond donors (Lipinski definition) is 3. The molecule has 0 saturated carbocycles. The van der Waals surface area contributed by atoms with Gasteiger partial charge in [-0.05, 0) is 36.8 Å². The van der Waals surface area contributed by atoms with Gasteiger partial charge in [0.1, 0.15) is 0 Å². The van der Waals surface area contributed by atoms with Gasteiger partial charge in [-0.1, -0.05) is 17.7 Å². The van der Waals surface area contributed by atoms with Crippen molar-refractivity contribution in [3.05, 3.63) is 46.5 Å². The fourth-order valence-corrected chi connectivity index (χ4v) is 2.36. The Morgan fingerprint density at radius 1 is 1.27 bits per heavy atom. The number of rotatable bonds is 7. The number of halogens is 1. The second kappa shape index (κ2) is 8.96. The topological polar surface area (TPSA) is 92.2 Å². The van der Waals surface area contributed by atoms with E-state index in [1.807, 2.05) is 13.0 Å². The molecular formula is C18H20ClN3O4. The van der Waals surface area contributed by atoms with Gasteiger partial charge in [0.05, 0.1) is 27.0 Å². The van der Waals surface area contributed by atoms with E-state index < -0.39 is 0 Å². The van der Waals surface area contributed by atoms with Crippen LogP contribution in [0.3, 0.4) is 0 Å². The number of carbonyl (C=O) groups excluding carboxylic acids is 1. The molecule has 1 amide bonds. The van der Waals surface area contributed by atoms with E-state index in [-0.39, 0.29) is 29.7 Å². The van der Waals surface area contributed by atoms with E-state index in [1.54, 1.807) is 24.3 Å². The van der Waals surface area contributed by atoms with Gasteiger partial charge >= 0.3 is 0 Å². The van der Waals surface area contributed by atoms with Crippen LogP contribution in [0.25, 0.3) is 0 Å². The molecule has 7 nitrogen and oxygen atoms in total. The fourth-order valence-electron chi connectivity index (χ4n) is 2.18. The van der Waals surface area contributed by atoms with Crippen LogP contribution in [0.5, 0.6) is 17.2 Å². The highest BCUT2D eigenvalue weighted by molar-refractivity contribution is 6.31. The molecule has 0 spiro atoms. The molecule has 0 atom stereocenters. The number of hydrazone groups is 1. The lowest BCUT2D eigenvalue weighted by Gasteiger charge is -2.10. The standard InChI is InChI=1S/C18H20ClN3O4/c1-11-13(19)5-4-6-14(11)20-10-17(23)22-21-9-12-7-15(25-2)18(24)16(8-12)26-3/h4-9,20,24H,10H2,1-3H3,(H,22,23)/b21-9+. The van der Waals surface area contributed by atoms with Crippen LogP contribution >= 0.6 is 11.6 Å². The minimum absolute atomic E-state index is 0.0424. The second-order valence-electron chi connectivity index (χ2n) is 5.33. The van der Waals surface area contributed by atoms with Gasteiger partial charge in [0.15, 0.2) is 11.5 Å². The zero-order valence-corrected chi connectivity index (χ0v) is 15.4. The van der Waals surface area contributed by atoms with E-state index in [4.69, 9.17) is 21.1 Å². The maximum atomic E-state index is 11.9. The lowest BCUT2D eigenvalue weighted by molar-refractivity contribution is -0.119. The monoisotopic (exact) mass is 377 g/mol. The molecule has 2 aromatic rings. The van der Waals surface area contributed by atoms with Gasteiger partial charge in [0.25, 0.3) is 5.91 Å². The number of aromatic hydroxyl groups is 1. The van der Waals surface area contributed by atoms with Crippen molar-refractivity contribution >= 4 is 29.4 Å². The van der Waals surface area contributed by atoms with Gasteiger partial charge < -0.3 is 19.9 Å². The third-order valence-electron chi connectivity index (χ3n) is 3.61. The van der Waals surface area contributed by atoms with E-state index in [2.05, 4.69) is 15.8 Å². The van der Waals surface area contributed by atoms with Crippen LogP contribution < -0.4 is 20.2 Å². The first-order valence-electron chi connectivity index (χ1n) is 7.72. The lowest BCUT2D eigenvalue weighted by atomic mass is 10.2. The van der Waals surface area contributed by atoms with Crippen molar-refractivity contribution in [2.45, 2.75) is 6.92 Å². The van der Waals surface area contributed by atoms with Gasteiger partial charge in [-0.15, -0.1) is 0 Å². The Morgan fingerprint density at radius 3 is 2.54 bits per heavy atom. The molecule has 0 unspecified atom stereocenters. The Bertz CT molecular complexity index is 799. The van der Waals surface area contributed by atoms with Crippen molar-refractivity contribution in [1.82, 2.24) is 5.43 Å². The largest absolute Gasteiger partial charge is 0.502 e. The molecule has 0 bridgehead atoms. The fraction of sp³-hybridized carbons (Fsp3) is 0.222. The molecule has 0 aromatic heterocycles. The third-order valence-corrected chi connectivity index (χ3v) is 4.02. The molecule has 0 heterocycles. The Hall–Kier alpha value is -2.93. The molecule has 0 radical (unpaired) electrons. The number of methoxy groups -OCH3 is 2. The zero-order chi connectivity index (χ0) is 19.1. The average molecular weight is 378 g/mol. The highest BCUT2D eigenvalue weighted by Gasteiger charge is 2.10. The SMILES string of the molecule is COc1cc(/C=N/NC(=O)CNc2cccc(Cl)c2C)cc(OC)c1O. The highest BCUT2D eigenvalue weighted by Crippen LogP contribution is 2.36. The number of hydrogen-bond acceptors (Lipinski definition) is 6. The normalized spacial score (nSPS) is 10.6. The summed E-state index contributed by atoms with van der Waals surface area (Å²) in [7, 11) is 2.86. The van der Waals surface area contributed by atoms with Crippen LogP contribution in [-0.4, -0.2) is 38.0 Å². The van der Waals surface area contributed by atoms with Gasteiger partial charge in [0.2, 0.25) is 5.75 Å². The quantitative estimate of drug-likeness (QED) is 0.509. The molecule has 0 fully saturated rings. The maximum Gasteiger partial charge on any atom is 0.259 e. The molecule has 8 heteroatoms. The highest BCUT2D eigenvalue weighted by atomic mass is 35.5. The van der Waals surface area contributed by atoms with Crippen LogP contribution in [-0.2, 0) is 4.79 Å². The predicted octanol–water partition coefficient (Wildman–Crippen LogP) is 2.93. The van der Waals surface area contributed by atoms with Crippen molar-refractivity contribution in [2.75, 3.05) is 26.1 Å². The van der Waals surface area contributed by atoms with Crippen LogP contribution in [0.15, 0.2) is 35.4 Å². The Kier molecular flexibility index (Phi) is 6.68. The summed E-state index contributed by atoms with van der Waals surface area (Å²) in [5.41, 5.74) is 4.66. The Balaban J connectivity index is 1.95. The van der Waals surface area contributed by atoms with Crippen LogP contribution in [0.1, 0.15) is 11.1 Å². The second-order valence-corrected chi connectivity index (χ2v) is 5.74. The van der Waals surface area contributed by atoms with Crippen LogP contribution in [0, 0.1) is 6.92 Å². The maximum absolute atomic E-state index is 11.9. The summed E-state index contributed by atoms with van der Waals surface area (Å²) in [5.74, 6) is 0.0704. The number of phenols is 1. The first-order valence-corrected chi connectivity index (χ1v) is 8.10. The van der Waals surface area contributed by atoms with E-state index in [0.29, 0.717) is 10.6 Å². The number of anilines is 1. The summed E-state index contributed by atoms with van der Waals surface area (Å²) >= 11 is 6.04. The number of phenolic OH excluding ortho intramolecular Hbond substituents is 1. The molecule has 0 saturated heterocycles. The number of nitrogens with one attached hydrogen (secondary N) is 2. The number of amides is 1. The van der Waals surface area contributed by atoms with Crippen LogP contribution in [0.2, 0.25) is 5.02 Å². The average Bonchev–Trinajstić information content (AvgIpc) is 2.64. The van der Waals surface area contributed by atoms with Gasteiger partial charge in [-0.2, -0.15) is 5.10 Å². The molecule has 0 aliphatic carbocycles. The Morgan fingerprint density at radius 2 is 1.92 bits per heavy atom. The van der Waals surface area contributed by atoms with Crippen molar-refractivity contribution in [3.63, 3.8) is 0 Å². The molecule has 0 aliphatic rings. The molecule has 2 rings (SSSR count). The van der Waals surface area contributed by atoms with E-state index >= 15 is 0 Å². The lowest BCUT2D eigenvalue weighted by Crippen LogP contribution is -2.26. The number of carbonyl (C=O) groups is 1. The van der Waals surface area contributed by atoms with Crippen molar-refractivity contribution in [2.24, 2.45) is 5.10 Å².